The van der Waals surface area contributed by atoms with E-state index < -0.39 is 17.5 Å². The summed E-state index contributed by atoms with van der Waals surface area (Å²) in [6.45, 7) is 0. The maximum atomic E-state index is 12.5. The lowest BCUT2D eigenvalue weighted by Crippen LogP contribution is -2.18. The molecular weight excluding hydrogens is 324 g/mol. The van der Waals surface area contributed by atoms with E-state index in [0.717, 1.165) is 0 Å². The average Bonchev–Trinajstić information content (AvgIpc) is 2.62. The summed E-state index contributed by atoms with van der Waals surface area (Å²) < 4.78 is 5.32. The van der Waals surface area contributed by atoms with Crippen molar-refractivity contribution in [3.05, 3.63) is 76.1 Å². The topological polar surface area (TPSA) is 86.0 Å². The number of rotatable bonds is 5. The smallest absolute Gasteiger partial charge is 0.343 e. The highest BCUT2D eigenvalue weighted by Gasteiger charge is 2.27. The minimum Gasteiger partial charge on any atom is -0.507 e. The molecule has 3 rings (SSSR count). The number of benzene rings is 2. The van der Waals surface area contributed by atoms with Gasteiger partial charge in [0, 0.05) is 5.92 Å². The van der Waals surface area contributed by atoms with Gasteiger partial charge in [0.05, 0.1) is 24.5 Å². The molecule has 1 atom stereocenters. The molecule has 1 N–H and O–H groups in total. The minimum absolute atomic E-state index is 0.0120. The van der Waals surface area contributed by atoms with E-state index in [4.69, 9.17) is 4.42 Å². The molecule has 3 aromatic rings. The van der Waals surface area contributed by atoms with Crippen LogP contribution in [0.25, 0.3) is 11.0 Å². The normalized spacial score (nSPS) is 12.0. The fourth-order valence-electron chi connectivity index (χ4n) is 2.82. The number of carbonyl (C=O) groups excluding carboxylic acids is 1. The number of carbonyl (C=O) groups is 1. The lowest BCUT2D eigenvalue weighted by molar-refractivity contribution is -0.255. The molecule has 2 aromatic carbocycles. The predicted octanol–water partition coefficient (Wildman–Crippen LogP) is 3.13. The van der Waals surface area contributed by atoms with Crippen molar-refractivity contribution in [2.24, 2.45) is 0 Å². The summed E-state index contributed by atoms with van der Waals surface area (Å²) in [6.07, 6.45) is -0.186. The molecule has 1 heterocycles. The second-order valence-electron chi connectivity index (χ2n) is 5.44. The van der Waals surface area contributed by atoms with Gasteiger partial charge in [0.25, 0.3) is 0 Å². The van der Waals surface area contributed by atoms with Crippen LogP contribution in [0.5, 0.6) is 5.75 Å². The number of hydrogen-bond acceptors (Lipinski definition) is 6. The molecule has 128 valence electrons. The van der Waals surface area contributed by atoms with Crippen LogP contribution in [0.1, 0.15) is 23.5 Å². The summed E-state index contributed by atoms with van der Waals surface area (Å²) >= 11 is 0. The third-order valence-corrected chi connectivity index (χ3v) is 3.92. The van der Waals surface area contributed by atoms with Crippen molar-refractivity contribution in [3.63, 3.8) is 0 Å². The van der Waals surface area contributed by atoms with Crippen LogP contribution in [-0.4, -0.2) is 18.2 Å². The summed E-state index contributed by atoms with van der Waals surface area (Å²) in [5.41, 5.74) is 0.265. The summed E-state index contributed by atoms with van der Waals surface area (Å²) in [4.78, 5) is 33.3. The molecule has 6 nitrogen and oxygen atoms in total. The van der Waals surface area contributed by atoms with Gasteiger partial charge in [-0.3, -0.25) is 4.89 Å². The summed E-state index contributed by atoms with van der Waals surface area (Å²) in [6, 6.07) is 15.6. The number of para-hydroxylation sites is 1. The number of aromatic hydroxyl groups is 1. The van der Waals surface area contributed by atoms with E-state index in [-0.39, 0.29) is 23.3 Å². The number of fused-ring (bicyclic) bond motifs is 1. The quantitative estimate of drug-likeness (QED) is 0.436. The maximum absolute atomic E-state index is 12.5. The highest BCUT2D eigenvalue weighted by atomic mass is 17.2. The third-order valence-electron chi connectivity index (χ3n) is 3.92. The predicted molar refractivity (Wildman–Crippen MR) is 90.2 cm³/mol. The van der Waals surface area contributed by atoms with Crippen molar-refractivity contribution >= 4 is 16.9 Å². The lowest BCUT2D eigenvalue weighted by atomic mass is 9.88. The van der Waals surface area contributed by atoms with Crippen LogP contribution < -0.4 is 5.63 Å². The second-order valence-corrected chi connectivity index (χ2v) is 5.44. The first kappa shape index (κ1) is 16.7. The fraction of sp³-hybridized carbons (Fsp3) is 0.158. The van der Waals surface area contributed by atoms with E-state index in [1.807, 2.05) is 6.07 Å². The highest BCUT2D eigenvalue weighted by Crippen LogP contribution is 2.36. The van der Waals surface area contributed by atoms with Crippen molar-refractivity contribution in [1.82, 2.24) is 0 Å². The first-order valence-electron chi connectivity index (χ1n) is 7.65. The van der Waals surface area contributed by atoms with Gasteiger partial charge in [-0.05, 0) is 17.7 Å². The Morgan fingerprint density at radius 2 is 1.80 bits per heavy atom. The highest BCUT2D eigenvalue weighted by molar-refractivity contribution is 5.84. The van der Waals surface area contributed by atoms with E-state index in [1.165, 1.54) is 7.11 Å². The summed E-state index contributed by atoms with van der Waals surface area (Å²) in [5, 5.41) is 11.1. The summed E-state index contributed by atoms with van der Waals surface area (Å²) in [7, 11) is 1.22. The van der Waals surface area contributed by atoms with Crippen molar-refractivity contribution < 1.29 is 24.1 Å². The molecule has 0 saturated carbocycles. The van der Waals surface area contributed by atoms with Gasteiger partial charge >= 0.3 is 11.6 Å². The van der Waals surface area contributed by atoms with Crippen molar-refractivity contribution in [3.8, 4) is 5.75 Å². The van der Waals surface area contributed by atoms with Crippen LogP contribution in [0, 0.1) is 0 Å². The van der Waals surface area contributed by atoms with E-state index in [1.54, 1.807) is 48.5 Å². The van der Waals surface area contributed by atoms with Gasteiger partial charge in [0.2, 0.25) is 0 Å². The largest absolute Gasteiger partial charge is 0.507 e. The van der Waals surface area contributed by atoms with Gasteiger partial charge in [-0.1, -0.05) is 42.5 Å². The third kappa shape index (κ3) is 3.39. The van der Waals surface area contributed by atoms with Gasteiger partial charge in [0.15, 0.2) is 0 Å². The van der Waals surface area contributed by atoms with Gasteiger partial charge in [0.1, 0.15) is 11.3 Å². The Bertz CT molecular complexity index is 945. The molecule has 1 unspecified atom stereocenters. The second kappa shape index (κ2) is 7.19. The van der Waals surface area contributed by atoms with Gasteiger partial charge in [-0.25, -0.2) is 9.59 Å². The van der Waals surface area contributed by atoms with Crippen molar-refractivity contribution in [2.75, 3.05) is 7.11 Å². The Balaban J connectivity index is 2.17. The molecule has 0 fully saturated rings. The Morgan fingerprint density at radius 3 is 2.52 bits per heavy atom. The SMILES string of the molecule is COOC(=O)CC(c1ccccc1)c1c(O)c2ccccc2oc1=O. The lowest BCUT2D eigenvalue weighted by Gasteiger charge is -2.17. The molecule has 0 aliphatic carbocycles. The Morgan fingerprint density at radius 1 is 1.12 bits per heavy atom. The molecule has 6 heteroatoms. The van der Waals surface area contributed by atoms with E-state index in [0.29, 0.717) is 10.9 Å². The Kier molecular flexibility index (Phi) is 4.81. The van der Waals surface area contributed by atoms with Crippen LogP contribution >= 0.6 is 0 Å². The van der Waals surface area contributed by atoms with E-state index in [2.05, 4.69) is 9.78 Å². The van der Waals surface area contributed by atoms with E-state index >= 15 is 0 Å². The van der Waals surface area contributed by atoms with Gasteiger partial charge in [-0.15, -0.1) is 0 Å². The molecule has 0 amide bonds. The molecule has 1 aromatic heterocycles. The fourth-order valence-corrected chi connectivity index (χ4v) is 2.82. The summed E-state index contributed by atoms with van der Waals surface area (Å²) in [5.74, 6) is -1.60. The molecule has 0 aliphatic heterocycles. The van der Waals surface area contributed by atoms with Crippen LogP contribution in [0.4, 0.5) is 0 Å². The Hall–Kier alpha value is -3.12. The molecule has 0 spiro atoms. The molecule has 25 heavy (non-hydrogen) atoms. The first-order chi connectivity index (χ1) is 12.1. The van der Waals surface area contributed by atoms with Crippen LogP contribution in [0.15, 0.2) is 63.8 Å². The Labute approximate surface area is 143 Å². The maximum Gasteiger partial charge on any atom is 0.343 e. The standard InChI is InChI=1S/C19H16O6/c1-23-25-16(20)11-14(12-7-3-2-4-8-12)17-18(21)13-9-5-6-10-15(13)24-19(17)22/h2-10,14,21H,11H2,1H3. The van der Waals surface area contributed by atoms with Gasteiger partial charge in [-0.2, -0.15) is 4.89 Å². The minimum atomic E-state index is -0.732. The van der Waals surface area contributed by atoms with Gasteiger partial charge < -0.3 is 9.52 Å². The molecule has 0 radical (unpaired) electrons. The zero-order chi connectivity index (χ0) is 17.8. The average molecular weight is 340 g/mol. The van der Waals surface area contributed by atoms with E-state index in [9.17, 15) is 14.7 Å². The molecule has 0 bridgehead atoms. The van der Waals surface area contributed by atoms with Crippen LogP contribution in [0.3, 0.4) is 0 Å². The zero-order valence-corrected chi connectivity index (χ0v) is 13.5. The molecule has 0 saturated heterocycles. The van der Waals surface area contributed by atoms with Crippen LogP contribution in [0.2, 0.25) is 0 Å². The number of hydrogen-bond donors (Lipinski definition) is 1. The first-order valence-corrected chi connectivity index (χ1v) is 7.65. The van der Waals surface area contributed by atoms with Crippen molar-refractivity contribution in [2.45, 2.75) is 12.3 Å². The van der Waals surface area contributed by atoms with Crippen LogP contribution in [-0.2, 0) is 14.6 Å². The van der Waals surface area contributed by atoms with Crippen molar-refractivity contribution in [1.29, 1.82) is 0 Å². The molecular formula is C19H16O6. The zero-order valence-electron chi connectivity index (χ0n) is 13.5. The monoisotopic (exact) mass is 340 g/mol. The molecule has 0 aliphatic rings.